The van der Waals surface area contributed by atoms with Gasteiger partial charge in [-0.1, -0.05) is 19.8 Å². The molecule has 1 saturated carbocycles. The summed E-state index contributed by atoms with van der Waals surface area (Å²) in [5.41, 5.74) is 1.40. The first-order valence-electron chi connectivity index (χ1n) is 10.3. The lowest BCUT2D eigenvalue weighted by Crippen LogP contribution is -2.46. The van der Waals surface area contributed by atoms with Crippen LogP contribution in [0.5, 0.6) is 0 Å². The summed E-state index contributed by atoms with van der Waals surface area (Å²) in [6.07, 6.45) is 7.34. The molecule has 7 heteroatoms. The highest BCUT2D eigenvalue weighted by Crippen LogP contribution is 2.38. The van der Waals surface area contributed by atoms with E-state index in [4.69, 9.17) is 4.74 Å². The molecule has 0 unspecified atom stereocenters. The van der Waals surface area contributed by atoms with Gasteiger partial charge in [-0.25, -0.2) is 4.79 Å². The molecule has 0 radical (unpaired) electrons. The van der Waals surface area contributed by atoms with Gasteiger partial charge < -0.3 is 15.4 Å². The number of thiophene rings is 1. The Morgan fingerprint density at radius 2 is 1.82 bits per heavy atom. The van der Waals surface area contributed by atoms with E-state index in [0.29, 0.717) is 16.5 Å². The van der Waals surface area contributed by atoms with Crippen molar-refractivity contribution in [3.05, 3.63) is 16.0 Å². The fraction of sp³-hybridized carbons (Fsp3) is 0.667. The van der Waals surface area contributed by atoms with E-state index in [-0.39, 0.29) is 17.9 Å². The third-order valence-electron chi connectivity index (χ3n) is 5.76. The van der Waals surface area contributed by atoms with Crippen molar-refractivity contribution in [1.82, 2.24) is 5.32 Å². The number of esters is 1. The number of ether oxygens (including phenoxy) is 1. The van der Waals surface area contributed by atoms with Crippen molar-refractivity contribution in [3.63, 3.8) is 0 Å². The molecule has 1 heterocycles. The molecule has 0 aliphatic heterocycles. The molecule has 0 saturated heterocycles. The highest BCUT2D eigenvalue weighted by molar-refractivity contribution is 7.17. The number of fused-ring (bicyclic) bond motifs is 1. The first-order chi connectivity index (χ1) is 13.4. The third kappa shape index (κ3) is 4.74. The zero-order valence-electron chi connectivity index (χ0n) is 16.9. The average Bonchev–Trinajstić information content (AvgIpc) is 3.00. The summed E-state index contributed by atoms with van der Waals surface area (Å²) in [5.74, 6) is -0.555. The van der Waals surface area contributed by atoms with Crippen molar-refractivity contribution in [2.45, 2.75) is 84.3 Å². The molecule has 2 N–H and O–H groups in total. The van der Waals surface area contributed by atoms with E-state index in [1.54, 1.807) is 6.92 Å². The summed E-state index contributed by atoms with van der Waals surface area (Å²) in [5, 5.41) is 6.35. The van der Waals surface area contributed by atoms with Crippen molar-refractivity contribution in [2.75, 3.05) is 5.32 Å². The standard InChI is InChI=1S/C21H30N2O4S/c1-12-8-4-6-10-16(12)23-19(25)13(2)27-21(26)18-15-9-5-7-11-17(15)28-20(18)22-14(3)24/h12-13,16H,4-11H2,1-3H3,(H,22,24)(H,23,25)/t12-,13-,16-/m1/s1. The normalized spacial score (nSPS) is 22.7. The first-order valence-corrected chi connectivity index (χ1v) is 11.1. The summed E-state index contributed by atoms with van der Waals surface area (Å²) >= 11 is 1.45. The van der Waals surface area contributed by atoms with Crippen LogP contribution in [-0.2, 0) is 27.2 Å². The summed E-state index contributed by atoms with van der Waals surface area (Å²) in [4.78, 5) is 38.2. The van der Waals surface area contributed by atoms with Crippen molar-refractivity contribution >= 4 is 34.1 Å². The average molecular weight is 407 g/mol. The van der Waals surface area contributed by atoms with Crippen LogP contribution in [0.4, 0.5) is 5.00 Å². The predicted molar refractivity (Wildman–Crippen MR) is 110 cm³/mol. The minimum atomic E-state index is -0.869. The molecule has 1 fully saturated rings. The summed E-state index contributed by atoms with van der Waals surface area (Å²) in [7, 11) is 0. The minimum absolute atomic E-state index is 0.145. The van der Waals surface area contributed by atoms with Crippen LogP contribution in [0.25, 0.3) is 0 Å². The Morgan fingerprint density at radius 1 is 1.11 bits per heavy atom. The number of anilines is 1. The van der Waals surface area contributed by atoms with Crippen molar-refractivity contribution in [1.29, 1.82) is 0 Å². The second kappa shape index (κ2) is 9.07. The highest BCUT2D eigenvalue weighted by atomic mass is 32.1. The molecule has 0 spiro atoms. The lowest BCUT2D eigenvalue weighted by molar-refractivity contribution is -0.130. The first kappa shape index (κ1) is 20.8. The van der Waals surface area contributed by atoms with Gasteiger partial charge in [0.2, 0.25) is 5.91 Å². The lowest BCUT2D eigenvalue weighted by Gasteiger charge is -2.30. The molecular formula is C21H30N2O4S. The van der Waals surface area contributed by atoms with E-state index in [2.05, 4.69) is 17.6 Å². The quantitative estimate of drug-likeness (QED) is 0.728. The zero-order chi connectivity index (χ0) is 20.3. The van der Waals surface area contributed by atoms with Crippen LogP contribution < -0.4 is 10.6 Å². The van der Waals surface area contributed by atoms with Crippen molar-refractivity contribution in [2.24, 2.45) is 5.92 Å². The molecule has 154 valence electrons. The minimum Gasteiger partial charge on any atom is -0.449 e. The van der Waals surface area contributed by atoms with E-state index in [1.165, 1.54) is 24.7 Å². The predicted octanol–water partition coefficient (Wildman–Crippen LogP) is 3.83. The van der Waals surface area contributed by atoms with Crippen LogP contribution in [0.3, 0.4) is 0 Å². The topological polar surface area (TPSA) is 84.5 Å². The Kier molecular flexibility index (Phi) is 6.75. The molecule has 1 aromatic rings. The molecule has 3 rings (SSSR count). The SMILES string of the molecule is CC(=O)Nc1sc2c(c1C(=O)O[C@H](C)C(=O)N[C@@H]1CCCC[C@H]1C)CCCC2. The molecule has 0 bridgehead atoms. The molecule has 0 aromatic carbocycles. The maximum Gasteiger partial charge on any atom is 0.342 e. The van der Waals surface area contributed by atoms with Gasteiger partial charge >= 0.3 is 5.97 Å². The smallest absolute Gasteiger partial charge is 0.342 e. The summed E-state index contributed by atoms with van der Waals surface area (Å²) in [6, 6.07) is 0.145. The van der Waals surface area contributed by atoms with Gasteiger partial charge in [0.15, 0.2) is 6.10 Å². The third-order valence-corrected chi connectivity index (χ3v) is 6.96. The van der Waals surface area contributed by atoms with Crippen LogP contribution in [0.15, 0.2) is 0 Å². The number of aryl methyl sites for hydroxylation is 1. The maximum atomic E-state index is 12.9. The van der Waals surface area contributed by atoms with Gasteiger partial charge in [-0.05, 0) is 56.9 Å². The van der Waals surface area contributed by atoms with Crippen LogP contribution in [-0.4, -0.2) is 29.9 Å². The zero-order valence-corrected chi connectivity index (χ0v) is 17.7. The Balaban J connectivity index is 1.70. The molecule has 2 aliphatic carbocycles. The highest BCUT2D eigenvalue weighted by Gasteiger charge is 2.30. The lowest BCUT2D eigenvalue weighted by atomic mass is 9.86. The molecule has 2 aliphatic rings. The van der Waals surface area contributed by atoms with Crippen LogP contribution in [0.1, 0.15) is 80.1 Å². The Hall–Kier alpha value is -1.89. The van der Waals surface area contributed by atoms with E-state index in [9.17, 15) is 14.4 Å². The molecule has 1 aromatic heterocycles. The van der Waals surface area contributed by atoms with Gasteiger partial charge in [0.1, 0.15) is 5.00 Å². The van der Waals surface area contributed by atoms with Gasteiger partial charge in [0.25, 0.3) is 5.91 Å². The number of carbonyl (C=O) groups is 3. The summed E-state index contributed by atoms with van der Waals surface area (Å²) < 4.78 is 5.53. The van der Waals surface area contributed by atoms with Crippen molar-refractivity contribution < 1.29 is 19.1 Å². The molecule has 2 amide bonds. The number of rotatable bonds is 5. The second-order valence-electron chi connectivity index (χ2n) is 8.02. The van der Waals surface area contributed by atoms with E-state index in [0.717, 1.165) is 55.4 Å². The number of nitrogens with one attached hydrogen (secondary N) is 2. The number of amides is 2. The van der Waals surface area contributed by atoms with Gasteiger partial charge in [0, 0.05) is 17.8 Å². The molecule has 3 atom stereocenters. The summed E-state index contributed by atoms with van der Waals surface area (Å²) in [6.45, 7) is 5.19. The van der Waals surface area contributed by atoms with Gasteiger partial charge in [0.05, 0.1) is 5.56 Å². The Labute approximate surface area is 170 Å². The van der Waals surface area contributed by atoms with Gasteiger partial charge in [-0.3, -0.25) is 9.59 Å². The van der Waals surface area contributed by atoms with Crippen LogP contribution in [0.2, 0.25) is 0 Å². The second-order valence-corrected chi connectivity index (χ2v) is 9.13. The fourth-order valence-corrected chi connectivity index (χ4v) is 5.46. The number of hydrogen-bond donors (Lipinski definition) is 2. The van der Waals surface area contributed by atoms with Crippen LogP contribution in [0, 0.1) is 5.92 Å². The maximum absolute atomic E-state index is 12.9. The Bertz CT molecular complexity index is 758. The van der Waals surface area contributed by atoms with E-state index in [1.807, 2.05) is 0 Å². The number of hydrogen-bond acceptors (Lipinski definition) is 5. The van der Waals surface area contributed by atoms with Crippen molar-refractivity contribution in [3.8, 4) is 0 Å². The molecule has 6 nitrogen and oxygen atoms in total. The van der Waals surface area contributed by atoms with E-state index < -0.39 is 12.1 Å². The van der Waals surface area contributed by atoms with Gasteiger partial charge in [-0.15, -0.1) is 11.3 Å². The Morgan fingerprint density at radius 3 is 2.54 bits per heavy atom. The number of carbonyl (C=O) groups excluding carboxylic acids is 3. The van der Waals surface area contributed by atoms with Gasteiger partial charge in [-0.2, -0.15) is 0 Å². The van der Waals surface area contributed by atoms with Crippen LogP contribution >= 0.6 is 11.3 Å². The molecular weight excluding hydrogens is 376 g/mol. The molecule has 28 heavy (non-hydrogen) atoms. The largest absolute Gasteiger partial charge is 0.449 e. The fourth-order valence-electron chi connectivity index (χ4n) is 4.13. The van der Waals surface area contributed by atoms with E-state index >= 15 is 0 Å². The monoisotopic (exact) mass is 406 g/mol.